The largest absolute Gasteiger partial charge is 0.487 e. The van der Waals surface area contributed by atoms with E-state index in [0.29, 0.717) is 0 Å². The van der Waals surface area contributed by atoms with Gasteiger partial charge in [-0.25, -0.2) is 0 Å². The average molecular weight is 397 g/mol. The smallest absolute Gasteiger partial charge is 0.166 e. The van der Waals surface area contributed by atoms with E-state index in [1.54, 1.807) is 0 Å². The molecule has 1 atom stereocenters. The highest BCUT2D eigenvalue weighted by Crippen LogP contribution is 2.40. The van der Waals surface area contributed by atoms with Gasteiger partial charge >= 0.3 is 0 Å². The molecule has 0 amide bonds. The molecule has 150 valence electrons. The molecule has 1 unspecified atom stereocenters. The van der Waals surface area contributed by atoms with Crippen molar-refractivity contribution in [3.8, 4) is 11.5 Å². The van der Waals surface area contributed by atoms with Crippen LogP contribution in [-0.4, -0.2) is 11.0 Å². The second kappa shape index (κ2) is 7.87. The summed E-state index contributed by atoms with van der Waals surface area (Å²) in [7, 11) is 0. The molecule has 2 aromatic carbocycles. The first-order valence-electron chi connectivity index (χ1n) is 9.91. The third-order valence-electron chi connectivity index (χ3n) is 4.64. The molecule has 3 rings (SSSR count). The van der Waals surface area contributed by atoms with E-state index < -0.39 is 0 Å². The maximum Gasteiger partial charge on any atom is 0.166 e. The van der Waals surface area contributed by atoms with E-state index in [1.165, 1.54) is 16.7 Å². The molecule has 28 heavy (non-hydrogen) atoms. The quantitative estimate of drug-likeness (QED) is 0.543. The molecule has 0 radical (unpaired) electrons. The molecular formula is C25H32O2S. The van der Waals surface area contributed by atoms with Crippen LogP contribution in [0.3, 0.4) is 0 Å². The fourth-order valence-corrected chi connectivity index (χ4v) is 4.17. The van der Waals surface area contributed by atoms with Crippen LogP contribution in [0.5, 0.6) is 11.5 Å². The van der Waals surface area contributed by atoms with Gasteiger partial charge in [-0.15, -0.1) is 11.8 Å². The molecule has 1 aliphatic heterocycles. The molecule has 0 aromatic heterocycles. The van der Waals surface area contributed by atoms with Crippen molar-refractivity contribution in [1.29, 1.82) is 0 Å². The van der Waals surface area contributed by atoms with Gasteiger partial charge in [-0.3, -0.25) is 0 Å². The van der Waals surface area contributed by atoms with Crippen LogP contribution in [0.25, 0.3) is 6.08 Å². The van der Waals surface area contributed by atoms with E-state index in [4.69, 9.17) is 9.47 Å². The molecule has 3 heteroatoms. The van der Waals surface area contributed by atoms with Crippen LogP contribution >= 0.6 is 11.8 Å². The number of thioether (sulfide) groups is 1. The topological polar surface area (TPSA) is 18.5 Å². The van der Waals surface area contributed by atoms with Gasteiger partial charge in [0.15, 0.2) is 5.44 Å². The van der Waals surface area contributed by atoms with Gasteiger partial charge in [0.05, 0.1) is 5.56 Å². The molecule has 0 aliphatic carbocycles. The van der Waals surface area contributed by atoms with Gasteiger partial charge in [-0.1, -0.05) is 51.1 Å². The Labute approximate surface area is 174 Å². The summed E-state index contributed by atoms with van der Waals surface area (Å²) >= 11 is 1.82. The Kier molecular flexibility index (Phi) is 5.86. The van der Waals surface area contributed by atoms with Gasteiger partial charge in [0.1, 0.15) is 17.1 Å². The summed E-state index contributed by atoms with van der Waals surface area (Å²) in [5.74, 6) is 2.70. The van der Waals surface area contributed by atoms with E-state index in [-0.39, 0.29) is 16.5 Å². The lowest BCUT2D eigenvalue weighted by Gasteiger charge is -2.29. The lowest BCUT2D eigenvalue weighted by atomic mass is 9.87. The summed E-state index contributed by atoms with van der Waals surface area (Å²) in [5, 5.41) is 0. The third-order valence-corrected chi connectivity index (χ3v) is 5.91. The predicted octanol–water partition coefficient (Wildman–Crippen LogP) is 7.22. The SMILES string of the molecule is CC1=Cc2c(cccc2OC(C)(C)C)OC1SCc1ccc(C(C)(C)C)cc1. The number of ether oxygens (including phenoxy) is 2. The molecular weight excluding hydrogens is 364 g/mol. The minimum Gasteiger partial charge on any atom is -0.487 e. The van der Waals surface area contributed by atoms with Gasteiger partial charge in [0, 0.05) is 5.75 Å². The Morgan fingerprint density at radius 1 is 0.964 bits per heavy atom. The first-order valence-corrected chi connectivity index (χ1v) is 11.0. The van der Waals surface area contributed by atoms with Crippen LogP contribution in [0.2, 0.25) is 0 Å². The average Bonchev–Trinajstić information content (AvgIpc) is 2.59. The van der Waals surface area contributed by atoms with Gasteiger partial charge in [-0.05, 0) is 68.0 Å². The maximum atomic E-state index is 6.31. The van der Waals surface area contributed by atoms with Gasteiger partial charge in [0.25, 0.3) is 0 Å². The summed E-state index contributed by atoms with van der Waals surface area (Å²) in [6, 6.07) is 15.0. The number of hydrogen-bond acceptors (Lipinski definition) is 3. The summed E-state index contributed by atoms with van der Waals surface area (Å²) in [6.45, 7) is 15.1. The van der Waals surface area contributed by atoms with E-state index in [9.17, 15) is 0 Å². The van der Waals surface area contributed by atoms with Crippen molar-refractivity contribution in [1.82, 2.24) is 0 Å². The molecule has 1 heterocycles. The van der Waals surface area contributed by atoms with Crippen LogP contribution in [0.15, 0.2) is 48.0 Å². The van der Waals surface area contributed by atoms with E-state index in [0.717, 1.165) is 22.8 Å². The number of fused-ring (bicyclic) bond motifs is 1. The highest BCUT2D eigenvalue weighted by atomic mass is 32.2. The second-order valence-electron chi connectivity index (χ2n) is 9.48. The molecule has 0 saturated heterocycles. The van der Waals surface area contributed by atoms with Crippen molar-refractivity contribution in [2.75, 3.05) is 0 Å². The number of benzene rings is 2. The Balaban J connectivity index is 1.70. The molecule has 0 N–H and O–H groups in total. The molecule has 0 fully saturated rings. The summed E-state index contributed by atoms with van der Waals surface area (Å²) in [4.78, 5) is 0. The Morgan fingerprint density at radius 2 is 1.64 bits per heavy atom. The van der Waals surface area contributed by atoms with Crippen LogP contribution in [0, 0.1) is 0 Å². The maximum absolute atomic E-state index is 6.31. The zero-order valence-corrected chi connectivity index (χ0v) is 18.9. The van der Waals surface area contributed by atoms with Crippen molar-refractivity contribution in [2.24, 2.45) is 0 Å². The zero-order valence-electron chi connectivity index (χ0n) is 18.1. The summed E-state index contributed by atoms with van der Waals surface area (Å²) < 4.78 is 12.4. The zero-order chi connectivity index (χ0) is 20.5. The summed E-state index contributed by atoms with van der Waals surface area (Å²) in [6.07, 6.45) is 2.21. The fraction of sp³-hybridized carbons (Fsp3) is 0.440. The highest BCUT2D eigenvalue weighted by Gasteiger charge is 2.24. The van der Waals surface area contributed by atoms with Crippen molar-refractivity contribution >= 4 is 17.8 Å². The minimum absolute atomic E-state index is 0.0275. The number of rotatable bonds is 4. The Bertz CT molecular complexity index is 852. The van der Waals surface area contributed by atoms with Crippen LogP contribution in [0.4, 0.5) is 0 Å². The van der Waals surface area contributed by atoms with Crippen molar-refractivity contribution in [2.45, 2.75) is 70.7 Å². The van der Waals surface area contributed by atoms with Gasteiger partial charge < -0.3 is 9.47 Å². The first-order chi connectivity index (χ1) is 13.0. The van der Waals surface area contributed by atoms with Crippen molar-refractivity contribution in [3.05, 3.63) is 64.7 Å². The van der Waals surface area contributed by atoms with Crippen molar-refractivity contribution in [3.63, 3.8) is 0 Å². The fourth-order valence-electron chi connectivity index (χ4n) is 3.13. The minimum atomic E-state index is -0.234. The lowest BCUT2D eigenvalue weighted by Crippen LogP contribution is -2.24. The standard InChI is InChI=1S/C25H32O2S/c1-17-15-20-21(9-8-10-22(20)27-25(5,6)7)26-23(17)28-16-18-11-13-19(14-12-18)24(2,3)4/h8-15,23H,16H2,1-7H3. The lowest BCUT2D eigenvalue weighted by molar-refractivity contribution is 0.129. The molecule has 0 saturated carbocycles. The first kappa shape index (κ1) is 20.9. The Hall–Kier alpha value is -1.87. The number of hydrogen-bond donors (Lipinski definition) is 0. The molecule has 1 aliphatic rings. The second-order valence-corrected chi connectivity index (χ2v) is 10.5. The van der Waals surface area contributed by atoms with Crippen molar-refractivity contribution < 1.29 is 9.47 Å². The van der Waals surface area contributed by atoms with Gasteiger partial charge in [0.2, 0.25) is 0 Å². The van der Waals surface area contributed by atoms with Gasteiger partial charge in [-0.2, -0.15) is 0 Å². The molecule has 0 spiro atoms. The molecule has 2 aromatic rings. The van der Waals surface area contributed by atoms with E-state index >= 15 is 0 Å². The third kappa shape index (κ3) is 5.14. The molecule has 2 nitrogen and oxygen atoms in total. The van der Waals surface area contributed by atoms with Crippen LogP contribution in [-0.2, 0) is 11.2 Å². The highest BCUT2D eigenvalue weighted by molar-refractivity contribution is 7.99. The molecule has 0 bridgehead atoms. The monoisotopic (exact) mass is 396 g/mol. The van der Waals surface area contributed by atoms with E-state index in [1.807, 2.05) is 30.0 Å². The van der Waals surface area contributed by atoms with E-state index in [2.05, 4.69) is 78.8 Å². The summed E-state index contributed by atoms with van der Waals surface area (Å²) in [5.41, 5.74) is 4.93. The van der Waals surface area contributed by atoms with Crippen LogP contribution in [0.1, 0.15) is 65.2 Å². The normalized spacial score (nSPS) is 16.8. The predicted molar refractivity (Wildman–Crippen MR) is 121 cm³/mol. The Morgan fingerprint density at radius 3 is 2.25 bits per heavy atom. The van der Waals surface area contributed by atoms with Crippen LogP contribution < -0.4 is 9.47 Å².